The van der Waals surface area contributed by atoms with Gasteiger partial charge in [0.1, 0.15) is 19.0 Å². The molecule has 0 spiro atoms. The Labute approximate surface area is 214 Å². The van der Waals surface area contributed by atoms with Crippen LogP contribution in [0.1, 0.15) is 16.7 Å². The predicted molar refractivity (Wildman–Crippen MR) is 144 cm³/mol. The van der Waals surface area contributed by atoms with E-state index in [1.807, 2.05) is 54.6 Å². The number of nitrogens with one attached hydrogen (secondary N) is 2. The summed E-state index contributed by atoms with van der Waals surface area (Å²) in [5.41, 5.74) is 8.88. The van der Waals surface area contributed by atoms with Gasteiger partial charge in [-0.05, 0) is 71.7 Å². The van der Waals surface area contributed by atoms with Crippen LogP contribution in [-0.4, -0.2) is 31.9 Å². The zero-order valence-corrected chi connectivity index (χ0v) is 21.6. The number of benzene rings is 3. The third-order valence-corrected chi connectivity index (χ3v) is 5.82. The monoisotopic (exact) mass is 543 g/mol. The Kier molecular flexibility index (Phi) is 10.5. The molecular formula is C26H30BrN3O3S. The van der Waals surface area contributed by atoms with Crippen molar-refractivity contribution in [1.82, 2.24) is 10.6 Å². The third kappa shape index (κ3) is 8.52. The Morgan fingerprint density at radius 2 is 1.59 bits per heavy atom. The summed E-state index contributed by atoms with van der Waals surface area (Å²) in [4.78, 5) is 0. The van der Waals surface area contributed by atoms with E-state index in [0.717, 1.165) is 34.3 Å². The largest absolute Gasteiger partial charge is 0.493 e. The first-order valence-electron chi connectivity index (χ1n) is 11.0. The van der Waals surface area contributed by atoms with Gasteiger partial charge in [-0.2, -0.15) is 0 Å². The summed E-state index contributed by atoms with van der Waals surface area (Å²) in [6.07, 6.45) is 0.857. The normalized spacial score (nSPS) is 10.4. The van der Waals surface area contributed by atoms with Crippen molar-refractivity contribution < 1.29 is 14.2 Å². The van der Waals surface area contributed by atoms with Crippen molar-refractivity contribution in [3.63, 3.8) is 0 Å². The molecule has 3 rings (SSSR count). The highest BCUT2D eigenvalue weighted by Gasteiger charge is 2.06. The number of methoxy groups -OCH3 is 1. The van der Waals surface area contributed by atoms with Gasteiger partial charge in [0.2, 0.25) is 0 Å². The van der Waals surface area contributed by atoms with Gasteiger partial charge in [-0.25, -0.2) is 0 Å². The summed E-state index contributed by atoms with van der Waals surface area (Å²) >= 11 is 8.85. The SMILES string of the molecule is COc1cc(CNC(=S)NCCc2ccc(OCc3ccc(Br)cc3)cc2)ccc1OCCN. The van der Waals surface area contributed by atoms with Crippen LogP contribution in [0.5, 0.6) is 17.2 Å². The van der Waals surface area contributed by atoms with Crippen molar-refractivity contribution in [2.24, 2.45) is 5.73 Å². The average molecular weight is 545 g/mol. The summed E-state index contributed by atoms with van der Waals surface area (Å²) in [6, 6.07) is 22.1. The maximum Gasteiger partial charge on any atom is 0.166 e. The highest BCUT2D eigenvalue weighted by Crippen LogP contribution is 2.28. The quantitative estimate of drug-likeness (QED) is 0.288. The van der Waals surface area contributed by atoms with Gasteiger partial charge < -0.3 is 30.6 Å². The molecule has 0 radical (unpaired) electrons. The number of hydrogen-bond donors (Lipinski definition) is 3. The Hall–Kier alpha value is -2.81. The average Bonchev–Trinajstić information content (AvgIpc) is 2.87. The Balaban J connectivity index is 1.37. The van der Waals surface area contributed by atoms with Crippen LogP contribution in [-0.2, 0) is 19.6 Å². The van der Waals surface area contributed by atoms with Gasteiger partial charge in [0.15, 0.2) is 16.6 Å². The van der Waals surface area contributed by atoms with Crippen LogP contribution in [0, 0.1) is 0 Å². The number of ether oxygens (including phenoxy) is 3. The van der Waals surface area contributed by atoms with E-state index in [-0.39, 0.29) is 0 Å². The standard InChI is InChI=1S/C26H30BrN3O3S/c1-31-25-16-21(6-11-24(25)32-15-13-28)17-30-26(34)29-14-12-19-4-9-23(10-5-19)33-18-20-2-7-22(27)8-3-20/h2-11,16H,12-15,17-18,28H2,1H3,(H2,29,30,34). The fraction of sp³-hybridized carbons (Fsp3) is 0.269. The number of rotatable bonds is 12. The summed E-state index contributed by atoms with van der Waals surface area (Å²) in [5, 5.41) is 7.08. The van der Waals surface area contributed by atoms with E-state index in [0.29, 0.717) is 42.9 Å². The van der Waals surface area contributed by atoms with Gasteiger partial charge in [0.05, 0.1) is 7.11 Å². The van der Waals surface area contributed by atoms with E-state index in [1.54, 1.807) is 7.11 Å². The van der Waals surface area contributed by atoms with Gasteiger partial charge in [-0.15, -0.1) is 0 Å². The minimum absolute atomic E-state index is 0.448. The van der Waals surface area contributed by atoms with E-state index < -0.39 is 0 Å². The van der Waals surface area contributed by atoms with Crippen LogP contribution in [0.2, 0.25) is 0 Å². The molecule has 0 bridgehead atoms. The molecule has 8 heteroatoms. The van der Waals surface area contributed by atoms with Crippen LogP contribution in [0.25, 0.3) is 0 Å². The van der Waals surface area contributed by atoms with Crippen molar-refractivity contribution in [2.75, 3.05) is 26.8 Å². The van der Waals surface area contributed by atoms with Crippen LogP contribution >= 0.6 is 28.1 Å². The topological polar surface area (TPSA) is 77.8 Å². The number of thiocarbonyl (C=S) groups is 1. The molecule has 0 aliphatic heterocycles. The lowest BCUT2D eigenvalue weighted by Crippen LogP contribution is -2.35. The molecule has 3 aromatic carbocycles. The smallest absolute Gasteiger partial charge is 0.166 e. The highest BCUT2D eigenvalue weighted by atomic mass is 79.9. The van der Waals surface area contributed by atoms with Crippen molar-refractivity contribution in [3.05, 3.63) is 87.9 Å². The van der Waals surface area contributed by atoms with Crippen molar-refractivity contribution in [1.29, 1.82) is 0 Å². The van der Waals surface area contributed by atoms with E-state index in [4.69, 9.17) is 32.2 Å². The van der Waals surface area contributed by atoms with Crippen molar-refractivity contribution in [3.8, 4) is 17.2 Å². The molecule has 3 aromatic rings. The second-order valence-electron chi connectivity index (χ2n) is 7.54. The maximum absolute atomic E-state index is 5.86. The first-order valence-corrected chi connectivity index (χ1v) is 12.2. The zero-order valence-electron chi connectivity index (χ0n) is 19.2. The lowest BCUT2D eigenvalue weighted by atomic mass is 10.1. The molecule has 34 heavy (non-hydrogen) atoms. The molecule has 0 fully saturated rings. The predicted octanol–water partition coefficient (Wildman–Crippen LogP) is 4.58. The number of halogens is 1. The summed E-state index contributed by atoms with van der Waals surface area (Å²) in [7, 11) is 1.62. The van der Waals surface area contributed by atoms with Crippen LogP contribution in [0.3, 0.4) is 0 Å². The van der Waals surface area contributed by atoms with E-state index in [1.165, 1.54) is 5.56 Å². The molecule has 0 saturated heterocycles. The number of nitrogens with two attached hydrogens (primary N) is 1. The molecular weight excluding hydrogens is 514 g/mol. The van der Waals surface area contributed by atoms with Gasteiger partial charge in [-0.3, -0.25) is 0 Å². The van der Waals surface area contributed by atoms with Crippen LogP contribution in [0.4, 0.5) is 0 Å². The molecule has 0 atom stereocenters. The Morgan fingerprint density at radius 1 is 0.882 bits per heavy atom. The summed E-state index contributed by atoms with van der Waals surface area (Å²) in [6.45, 7) is 2.77. The highest BCUT2D eigenvalue weighted by molar-refractivity contribution is 9.10. The molecule has 0 unspecified atom stereocenters. The maximum atomic E-state index is 5.86. The molecule has 6 nitrogen and oxygen atoms in total. The first kappa shape index (κ1) is 25.8. The minimum atomic E-state index is 0.448. The Morgan fingerprint density at radius 3 is 2.29 bits per heavy atom. The van der Waals surface area contributed by atoms with E-state index in [9.17, 15) is 0 Å². The van der Waals surface area contributed by atoms with Gasteiger partial charge in [0.25, 0.3) is 0 Å². The first-order chi connectivity index (χ1) is 16.6. The van der Waals surface area contributed by atoms with Crippen molar-refractivity contribution in [2.45, 2.75) is 19.6 Å². The minimum Gasteiger partial charge on any atom is -0.493 e. The zero-order chi connectivity index (χ0) is 24.2. The lowest BCUT2D eigenvalue weighted by Gasteiger charge is -2.14. The lowest BCUT2D eigenvalue weighted by molar-refractivity contribution is 0.302. The molecule has 0 aliphatic rings. The number of hydrogen-bond acceptors (Lipinski definition) is 5. The van der Waals surface area contributed by atoms with Gasteiger partial charge >= 0.3 is 0 Å². The van der Waals surface area contributed by atoms with Gasteiger partial charge in [-0.1, -0.05) is 46.3 Å². The van der Waals surface area contributed by atoms with E-state index >= 15 is 0 Å². The molecule has 180 valence electrons. The molecule has 0 saturated carbocycles. The molecule has 0 aliphatic carbocycles. The molecule has 0 amide bonds. The van der Waals surface area contributed by atoms with Crippen LogP contribution < -0.4 is 30.6 Å². The third-order valence-electron chi connectivity index (χ3n) is 5.00. The Bertz CT molecular complexity index is 1050. The molecule has 4 N–H and O–H groups in total. The summed E-state index contributed by atoms with van der Waals surface area (Å²) in [5.74, 6) is 2.21. The molecule has 0 aromatic heterocycles. The van der Waals surface area contributed by atoms with Crippen molar-refractivity contribution >= 4 is 33.3 Å². The fourth-order valence-electron chi connectivity index (χ4n) is 3.17. The van der Waals surface area contributed by atoms with Gasteiger partial charge in [0, 0.05) is 24.1 Å². The van der Waals surface area contributed by atoms with Crippen LogP contribution in [0.15, 0.2) is 71.2 Å². The molecule has 0 heterocycles. The fourth-order valence-corrected chi connectivity index (χ4v) is 3.61. The van der Waals surface area contributed by atoms with E-state index in [2.05, 4.69) is 38.7 Å². The second kappa shape index (κ2) is 13.8. The summed E-state index contributed by atoms with van der Waals surface area (Å²) < 4.78 is 17.9. The second-order valence-corrected chi connectivity index (χ2v) is 8.86.